The van der Waals surface area contributed by atoms with E-state index < -0.39 is 36.9 Å². The van der Waals surface area contributed by atoms with Crippen LogP contribution in [0.3, 0.4) is 0 Å². The molecule has 0 bridgehead atoms. The van der Waals surface area contributed by atoms with Crippen molar-refractivity contribution in [1.29, 1.82) is 0 Å². The van der Waals surface area contributed by atoms with E-state index in [0.29, 0.717) is 0 Å². The molecule has 23 heavy (non-hydrogen) atoms. The summed E-state index contributed by atoms with van der Waals surface area (Å²) in [6.45, 7) is -2.06. The van der Waals surface area contributed by atoms with Crippen LogP contribution in [0, 0.1) is 0 Å². The van der Waals surface area contributed by atoms with Crippen molar-refractivity contribution in [2.45, 2.75) is 18.3 Å². The second-order valence-electron chi connectivity index (χ2n) is 5.18. The van der Waals surface area contributed by atoms with Gasteiger partial charge in [0.15, 0.2) is 6.61 Å². The number of nitrogens with zero attached hydrogens (tertiary/aromatic N) is 1. The summed E-state index contributed by atoms with van der Waals surface area (Å²) >= 11 is 0. The first-order valence-electron chi connectivity index (χ1n) is 6.62. The number of aliphatic carboxylic acids is 1. The van der Waals surface area contributed by atoms with E-state index in [9.17, 15) is 27.2 Å². The molecule has 1 atom stereocenters. The van der Waals surface area contributed by atoms with Crippen LogP contribution in [0.25, 0.3) is 0 Å². The highest BCUT2D eigenvalue weighted by molar-refractivity contribution is 5.95. The minimum absolute atomic E-state index is 0.0477. The first kappa shape index (κ1) is 17.0. The smallest absolute Gasteiger partial charge is 0.422 e. The number of halogens is 4. The van der Waals surface area contributed by atoms with Crippen LogP contribution in [0.5, 0.6) is 5.75 Å². The number of alkyl halides is 4. The topological polar surface area (TPSA) is 66.8 Å². The van der Waals surface area contributed by atoms with E-state index in [1.165, 1.54) is 24.3 Å². The third kappa shape index (κ3) is 4.11. The van der Waals surface area contributed by atoms with Gasteiger partial charge < -0.3 is 14.7 Å². The van der Waals surface area contributed by atoms with Crippen molar-refractivity contribution in [3.63, 3.8) is 0 Å². The quantitative estimate of drug-likeness (QED) is 0.857. The Morgan fingerprint density at radius 2 is 1.87 bits per heavy atom. The summed E-state index contributed by atoms with van der Waals surface area (Å²) in [5.41, 5.74) is -2.36. The molecule has 1 amide bonds. The number of benzene rings is 1. The molecule has 1 aliphatic heterocycles. The molecule has 1 aliphatic rings. The van der Waals surface area contributed by atoms with Crippen molar-refractivity contribution >= 4 is 11.9 Å². The number of carbonyl (C=O) groups excluding carboxylic acids is 1. The fourth-order valence-electron chi connectivity index (χ4n) is 2.16. The molecule has 1 heterocycles. The molecular weight excluding hydrogens is 322 g/mol. The van der Waals surface area contributed by atoms with Crippen molar-refractivity contribution < 1.29 is 37.0 Å². The highest BCUT2D eigenvalue weighted by Gasteiger charge is 2.46. The Hall–Kier alpha value is -2.32. The summed E-state index contributed by atoms with van der Waals surface area (Å²) in [5, 5.41) is 8.78. The summed E-state index contributed by atoms with van der Waals surface area (Å²) in [6, 6.07) is 4.87. The van der Waals surface area contributed by atoms with Gasteiger partial charge in [0.2, 0.25) is 5.67 Å². The van der Waals surface area contributed by atoms with Crippen molar-refractivity contribution in [1.82, 2.24) is 4.90 Å². The second kappa shape index (κ2) is 6.05. The monoisotopic (exact) mass is 335 g/mol. The Morgan fingerprint density at radius 1 is 1.26 bits per heavy atom. The number of hydrogen-bond donors (Lipinski definition) is 1. The molecule has 0 spiro atoms. The fraction of sp³-hybridized carbons (Fsp3) is 0.429. The maximum absolute atomic E-state index is 13.9. The number of carboxylic acid groups (broad SMARTS) is 1. The van der Waals surface area contributed by atoms with E-state index in [1.54, 1.807) is 0 Å². The summed E-state index contributed by atoms with van der Waals surface area (Å²) in [6.07, 6.45) is -4.77. The van der Waals surface area contributed by atoms with Gasteiger partial charge in [0.1, 0.15) is 5.75 Å². The largest absolute Gasteiger partial charge is 0.484 e. The molecule has 1 aromatic carbocycles. The standard InChI is InChI=1S/C14H13F4NO4/c15-13(12(21)22)5-6-19(7-13)11(20)9-1-3-10(4-2-9)23-8-14(16,17)18/h1-4H,5-8H2,(H,21,22). The first-order valence-corrected chi connectivity index (χ1v) is 6.62. The zero-order valence-electron chi connectivity index (χ0n) is 11.8. The number of carboxylic acids is 1. The van der Waals surface area contributed by atoms with E-state index in [-0.39, 0.29) is 24.3 Å². The highest BCUT2D eigenvalue weighted by Crippen LogP contribution is 2.27. The Labute approximate surface area is 128 Å². The second-order valence-corrected chi connectivity index (χ2v) is 5.18. The van der Waals surface area contributed by atoms with Gasteiger partial charge in [-0.2, -0.15) is 13.2 Å². The average molecular weight is 335 g/mol. The lowest BCUT2D eigenvalue weighted by atomic mass is 10.1. The fourth-order valence-corrected chi connectivity index (χ4v) is 2.16. The van der Waals surface area contributed by atoms with Gasteiger partial charge in [0.25, 0.3) is 5.91 Å². The van der Waals surface area contributed by atoms with E-state index in [4.69, 9.17) is 5.11 Å². The molecule has 9 heteroatoms. The summed E-state index contributed by atoms with van der Waals surface area (Å²) in [7, 11) is 0. The molecule has 1 fully saturated rings. The number of amides is 1. The van der Waals surface area contributed by atoms with E-state index >= 15 is 0 Å². The number of hydrogen-bond acceptors (Lipinski definition) is 3. The lowest BCUT2D eigenvalue weighted by Crippen LogP contribution is -2.38. The molecule has 1 saturated heterocycles. The van der Waals surface area contributed by atoms with Crippen molar-refractivity contribution in [2.75, 3.05) is 19.7 Å². The molecule has 0 saturated carbocycles. The maximum Gasteiger partial charge on any atom is 0.422 e. The lowest BCUT2D eigenvalue weighted by molar-refractivity contribution is -0.153. The maximum atomic E-state index is 13.9. The molecule has 5 nitrogen and oxygen atoms in total. The van der Waals surface area contributed by atoms with Crippen LogP contribution in [-0.4, -0.2) is 53.4 Å². The van der Waals surface area contributed by atoms with Crippen LogP contribution < -0.4 is 4.74 Å². The van der Waals surface area contributed by atoms with Gasteiger partial charge in [-0.3, -0.25) is 4.79 Å². The van der Waals surface area contributed by atoms with Crippen LogP contribution in [0.1, 0.15) is 16.8 Å². The SMILES string of the molecule is O=C(c1ccc(OCC(F)(F)F)cc1)N1CCC(F)(C(=O)O)C1. The van der Waals surface area contributed by atoms with Crippen molar-refractivity contribution in [3.8, 4) is 5.75 Å². The Kier molecular flexibility index (Phi) is 4.49. The minimum Gasteiger partial charge on any atom is -0.484 e. The predicted octanol–water partition coefficient (Wildman–Crippen LogP) is 2.27. The summed E-state index contributed by atoms with van der Waals surface area (Å²) in [5.74, 6) is -2.28. The number of rotatable bonds is 4. The molecule has 0 radical (unpaired) electrons. The van der Waals surface area contributed by atoms with Crippen molar-refractivity contribution in [2.24, 2.45) is 0 Å². The van der Waals surface area contributed by atoms with Crippen LogP contribution >= 0.6 is 0 Å². The third-order valence-corrected chi connectivity index (χ3v) is 3.39. The van der Waals surface area contributed by atoms with E-state index in [0.717, 1.165) is 4.90 Å². The molecule has 126 valence electrons. The Morgan fingerprint density at radius 3 is 2.35 bits per heavy atom. The molecule has 0 aliphatic carbocycles. The van der Waals surface area contributed by atoms with Gasteiger partial charge in [-0.05, 0) is 24.3 Å². The number of carbonyl (C=O) groups is 2. The normalized spacial score (nSPS) is 21.3. The lowest BCUT2D eigenvalue weighted by Gasteiger charge is -2.18. The predicted molar refractivity (Wildman–Crippen MR) is 70.0 cm³/mol. The van der Waals surface area contributed by atoms with Gasteiger partial charge in [0, 0.05) is 18.5 Å². The summed E-state index contributed by atoms with van der Waals surface area (Å²) in [4.78, 5) is 24.0. The van der Waals surface area contributed by atoms with Gasteiger partial charge in [-0.1, -0.05) is 0 Å². The highest BCUT2D eigenvalue weighted by atomic mass is 19.4. The molecule has 0 aromatic heterocycles. The molecular formula is C14H13F4NO4. The first-order chi connectivity index (χ1) is 10.6. The summed E-state index contributed by atoms with van der Waals surface area (Å²) < 4.78 is 54.5. The van der Waals surface area contributed by atoms with Gasteiger partial charge >= 0.3 is 12.1 Å². The van der Waals surface area contributed by atoms with Gasteiger partial charge in [-0.25, -0.2) is 9.18 Å². The van der Waals surface area contributed by atoms with E-state index in [2.05, 4.69) is 4.74 Å². The Balaban J connectivity index is 2.00. The minimum atomic E-state index is -4.47. The van der Waals surface area contributed by atoms with Crippen LogP contribution in [0.15, 0.2) is 24.3 Å². The van der Waals surface area contributed by atoms with Crippen LogP contribution in [-0.2, 0) is 4.79 Å². The van der Waals surface area contributed by atoms with Crippen LogP contribution in [0.4, 0.5) is 17.6 Å². The molecule has 1 aromatic rings. The van der Waals surface area contributed by atoms with E-state index in [1.807, 2.05) is 0 Å². The van der Waals surface area contributed by atoms with Crippen molar-refractivity contribution in [3.05, 3.63) is 29.8 Å². The molecule has 1 unspecified atom stereocenters. The average Bonchev–Trinajstić information content (AvgIpc) is 2.88. The zero-order valence-corrected chi connectivity index (χ0v) is 11.8. The number of ether oxygens (including phenoxy) is 1. The Bertz CT molecular complexity index is 602. The zero-order chi connectivity index (χ0) is 17.3. The molecule has 1 N–H and O–H groups in total. The van der Waals surface area contributed by atoms with Gasteiger partial charge in [-0.15, -0.1) is 0 Å². The number of likely N-dealkylation sites (tertiary alicyclic amines) is 1. The molecule has 2 rings (SSSR count). The third-order valence-electron chi connectivity index (χ3n) is 3.39. The van der Waals surface area contributed by atoms with Gasteiger partial charge in [0.05, 0.1) is 6.54 Å². The van der Waals surface area contributed by atoms with Crippen LogP contribution in [0.2, 0.25) is 0 Å².